The molecular weight excluding hydrogens is 358 g/mol. The van der Waals surface area contributed by atoms with E-state index in [0.29, 0.717) is 11.5 Å². The van der Waals surface area contributed by atoms with Gasteiger partial charge in [-0.1, -0.05) is 30.3 Å². The van der Waals surface area contributed by atoms with Crippen LogP contribution in [0.3, 0.4) is 0 Å². The molecule has 0 bridgehead atoms. The highest BCUT2D eigenvalue weighted by molar-refractivity contribution is 5.89. The maximum atomic E-state index is 12.8. The Balaban J connectivity index is 2.04. The average molecular weight is 381 g/mol. The molecule has 1 amide bonds. The number of ether oxygens (including phenoxy) is 3. The smallest absolute Gasteiger partial charge is 0.304 e. The monoisotopic (exact) mass is 381 g/mol. The van der Waals surface area contributed by atoms with Gasteiger partial charge in [0.2, 0.25) is 5.91 Å². The van der Waals surface area contributed by atoms with Crippen molar-refractivity contribution in [2.45, 2.75) is 19.2 Å². The normalized spacial score (nSPS) is 18.4. The zero-order valence-corrected chi connectivity index (χ0v) is 16.1. The molecule has 2 unspecified atom stereocenters. The van der Waals surface area contributed by atoms with Gasteiger partial charge in [0.25, 0.3) is 0 Å². The number of likely N-dealkylation sites (tertiary alicyclic amines) is 1. The molecule has 3 rings (SSSR count). The second kappa shape index (κ2) is 8.17. The molecule has 0 saturated carbocycles. The molecule has 6 heteroatoms. The lowest BCUT2D eigenvalue weighted by Crippen LogP contribution is -2.62. The fourth-order valence-electron chi connectivity index (χ4n) is 3.39. The zero-order chi connectivity index (χ0) is 20.3. The Hall–Kier alpha value is -3.28. The first-order chi connectivity index (χ1) is 13.5. The second-order valence-corrected chi connectivity index (χ2v) is 6.46. The van der Waals surface area contributed by atoms with E-state index >= 15 is 0 Å². The van der Waals surface area contributed by atoms with Gasteiger partial charge in [-0.3, -0.25) is 14.5 Å². The molecule has 2 atom stereocenters. The third-order valence-corrected chi connectivity index (χ3v) is 4.80. The fraction of sp³-hybridized carbons (Fsp3) is 0.273. The van der Waals surface area contributed by atoms with Crippen LogP contribution in [0.15, 0.2) is 61.2 Å². The van der Waals surface area contributed by atoms with Crippen LogP contribution >= 0.6 is 0 Å². The number of methoxy groups -OCH3 is 2. The number of rotatable bonds is 7. The third-order valence-electron chi connectivity index (χ3n) is 4.80. The van der Waals surface area contributed by atoms with Crippen LogP contribution in [-0.4, -0.2) is 37.2 Å². The van der Waals surface area contributed by atoms with E-state index in [-0.39, 0.29) is 5.91 Å². The summed E-state index contributed by atoms with van der Waals surface area (Å²) >= 11 is 0. The van der Waals surface area contributed by atoms with Crippen LogP contribution in [0.2, 0.25) is 0 Å². The van der Waals surface area contributed by atoms with Gasteiger partial charge in [0, 0.05) is 6.92 Å². The molecule has 0 aliphatic carbocycles. The van der Waals surface area contributed by atoms with E-state index in [2.05, 4.69) is 6.58 Å². The summed E-state index contributed by atoms with van der Waals surface area (Å²) in [6, 6.07) is 14.5. The lowest BCUT2D eigenvalue weighted by Gasteiger charge is -2.49. The van der Waals surface area contributed by atoms with Gasteiger partial charge in [0.15, 0.2) is 6.23 Å². The molecule has 0 aromatic heterocycles. The van der Waals surface area contributed by atoms with E-state index in [1.54, 1.807) is 19.1 Å². The Bertz CT molecular complexity index is 812. The van der Waals surface area contributed by atoms with Crippen LogP contribution in [0.5, 0.6) is 11.5 Å². The standard InChI is InChI=1S/C22H23NO5/c1-5-19-21(25)23(22(19)28-14(2)24)20(15-6-10-17(26-3)11-7-15)16-8-12-18(27-4)13-9-16/h5-13,19-20,22H,1H2,2-4H3. The van der Waals surface area contributed by atoms with Gasteiger partial charge >= 0.3 is 5.97 Å². The Labute approximate surface area is 164 Å². The van der Waals surface area contributed by atoms with E-state index in [1.165, 1.54) is 13.0 Å². The number of amides is 1. The number of hydrogen-bond acceptors (Lipinski definition) is 5. The Morgan fingerprint density at radius 2 is 1.46 bits per heavy atom. The van der Waals surface area contributed by atoms with Gasteiger partial charge in [-0.25, -0.2) is 0 Å². The molecule has 0 spiro atoms. The Kier molecular flexibility index (Phi) is 5.68. The number of esters is 1. The van der Waals surface area contributed by atoms with Crippen molar-refractivity contribution >= 4 is 11.9 Å². The quantitative estimate of drug-likeness (QED) is 0.418. The number of hydrogen-bond donors (Lipinski definition) is 0. The number of carbonyl (C=O) groups excluding carboxylic acids is 2. The third kappa shape index (κ3) is 3.58. The maximum absolute atomic E-state index is 12.8. The average Bonchev–Trinajstić information content (AvgIpc) is 2.72. The van der Waals surface area contributed by atoms with Crippen molar-refractivity contribution in [1.29, 1.82) is 0 Å². The molecule has 1 saturated heterocycles. The summed E-state index contributed by atoms with van der Waals surface area (Å²) in [6.45, 7) is 5.03. The van der Waals surface area contributed by atoms with E-state index in [1.807, 2.05) is 48.5 Å². The molecular formula is C22H23NO5. The number of benzene rings is 2. The van der Waals surface area contributed by atoms with Crippen molar-refractivity contribution in [2.24, 2.45) is 5.92 Å². The molecule has 0 radical (unpaired) electrons. The van der Waals surface area contributed by atoms with Crippen LogP contribution in [-0.2, 0) is 14.3 Å². The lowest BCUT2D eigenvalue weighted by atomic mass is 9.87. The van der Waals surface area contributed by atoms with Gasteiger partial charge in [0.05, 0.1) is 20.3 Å². The van der Waals surface area contributed by atoms with Crippen LogP contribution in [0, 0.1) is 5.92 Å². The molecule has 1 heterocycles. The van der Waals surface area contributed by atoms with E-state index in [9.17, 15) is 9.59 Å². The maximum Gasteiger partial charge on any atom is 0.304 e. The van der Waals surface area contributed by atoms with Crippen molar-refractivity contribution in [3.8, 4) is 11.5 Å². The molecule has 1 fully saturated rings. The molecule has 146 valence electrons. The van der Waals surface area contributed by atoms with Gasteiger partial charge in [-0.15, -0.1) is 6.58 Å². The predicted octanol–water partition coefficient (Wildman–Crippen LogP) is 3.33. The molecule has 1 aliphatic heterocycles. The molecule has 2 aromatic rings. The van der Waals surface area contributed by atoms with Crippen molar-refractivity contribution in [3.63, 3.8) is 0 Å². The summed E-state index contributed by atoms with van der Waals surface area (Å²) in [6.07, 6.45) is 0.822. The first kappa shape index (κ1) is 19.5. The predicted molar refractivity (Wildman–Crippen MR) is 104 cm³/mol. The number of carbonyl (C=O) groups is 2. The Morgan fingerprint density at radius 3 is 1.82 bits per heavy atom. The van der Waals surface area contributed by atoms with Crippen LogP contribution in [0.4, 0.5) is 0 Å². The zero-order valence-electron chi connectivity index (χ0n) is 16.1. The van der Waals surface area contributed by atoms with E-state index in [4.69, 9.17) is 14.2 Å². The highest BCUT2D eigenvalue weighted by atomic mass is 16.6. The SMILES string of the molecule is C=CC1C(=O)N(C(c2ccc(OC)cc2)c2ccc(OC)cc2)C1OC(C)=O. The summed E-state index contributed by atoms with van der Waals surface area (Å²) < 4.78 is 15.9. The minimum absolute atomic E-state index is 0.141. The van der Waals surface area contributed by atoms with Gasteiger partial charge < -0.3 is 14.2 Å². The molecule has 28 heavy (non-hydrogen) atoms. The summed E-state index contributed by atoms with van der Waals surface area (Å²) in [5.41, 5.74) is 1.75. The number of nitrogens with zero attached hydrogens (tertiary/aromatic N) is 1. The highest BCUT2D eigenvalue weighted by Gasteiger charge is 2.51. The van der Waals surface area contributed by atoms with Gasteiger partial charge in [-0.2, -0.15) is 0 Å². The summed E-state index contributed by atoms with van der Waals surface area (Å²) in [5, 5.41) is 0. The minimum atomic E-state index is -0.697. The van der Waals surface area contributed by atoms with E-state index < -0.39 is 24.2 Å². The van der Waals surface area contributed by atoms with Gasteiger partial charge in [0.1, 0.15) is 17.4 Å². The highest BCUT2D eigenvalue weighted by Crippen LogP contribution is 2.41. The molecule has 2 aromatic carbocycles. The van der Waals surface area contributed by atoms with Crippen LogP contribution in [0.1, 0.15) is 24.1 Å². The topological polar surface area (TPSA) is 65.1 Å². The largest absolute Gasteiger partial charge is 0.497 e. The fourth-order valence-corrected chi connectivity index (χ4v) is 3.39. The van der Waals surface area contributed by atoms with Crippen molar-refractivity contribution in [2.75, 3.05) is 14.2 Å². The van der Waals surface area contributed by atoms with Crippen LogP contribution < -0.4 is 9.47 Å². The first-order valence-corrected chi connectivity index (χ1v) is 8.90. The second-order valence-electron chi connectivity index (χ2n) is 6.46. The van der Waals surface area contributed by atoms with Crippen molar-refractivity contribution in [1.82, 2.24) is 4.90 Å². The van der Waals surface area contributed by atoms with Crippen molar-refractivity contribution in [3.05, 3.63) is 72.3 Å². The summed E-state index contributed by atoms with van der Waals surface area (Å²) in [4.78, 5) is 26.0. The van der Waals surface area contributed by atoms with Gasteiger partial charge in [-0.05, 0) is 35.4 Å². The number of β-lactam (4-membered cyclic amide) rings is 1. The Morgan fingerprint density at radius 1 is 1.00 bits per heavy atom. The van der Waals surface area contributed by atoms with Crippen LogP contribution in [0.25, 0.3) is 0 Å². The first-order valence-electron chi connectivity index (χ1n) is 8.90. The summed E-state index contributed by atoms with van der Waals surface area (Å²) in [5.74, 6) is 0.290. The van der Waals surface area contributed by atoms with E-state index in [0.717, 1.165) is 11.1 Å². The molecule has 6 nitrogen and oxygen atoms in total. The molecule has 0 N–H and O–H groups in total. The minimum Gasteiger partial charge on any atom is -0.497 e. The van der Waals surface area contributed by atoms with Crippen molar-refractivity contribution < 1.29 is 23.8 Å². The summed E-state index contributed by atoms with van der Waals surface area (Å²) in [7, 11) is 3.20. The molecule has 1 aliphatic rings. The lowest BCUT2D eigenvalue weighted by molar-refractivity contribution is -0.196.